The molecule has 2 aromatic heterocycles. The molecule has 3 aromatic rings. The lowest BCUT2D eigenvalue weighted by Crippen LogP contribution is -2.21. The molecule has 0 saturated heterocycles. The average molecular weight is 280 g/mol. The maximum atomic E-state index is 12.5. The summed E-state index contributed by atoms with van der Waals surface area (Å²) < 4.78 is 6.74. The summed E-state index contributed by atoms with van der Waals surface area (Å²) in [5.74, 6) is 0.500. The molecule has 0 saturated carbocycles. The van der Waals surface area contributed by atoms with Gasteiger partial charge in [0, 0.05) is 29.6 Å². The molecular weight excluding hydrogens is 264 g/mol. The van der Waals surface area contributed by atoms with E-state index in [1.807, 2.05) is 49.4 Å². The van der Waals surface area contributed by atoms with Crippen LogP contribution in [0, 0.1) is 6.92 Å². The minimum atomic E-state index is -0.0397. The third-order valence-corrected chi connectivity index (χ3v) is 3.71. The largest absolute Gasteiger partial charge is 0.481 e. The SMILES string of the molecule is COc1ccc2c(-c3ccccc3)c(C)c(=O)n(C)c2n1. The van der Waals surface area contributed by atoms with Crippen LogP contribution in [0.25, 0.3) is 22.2 Å². The van der Waals surface area contributed by atoms with Crippen LogP contribution in [-0.4, -0.2) is 16.7 Å². The van der Waals surface area contributed by atoms with Gasteiger partial charge in [-0.1, -0.05) is 30.3 Å². The summed E-state index contributed by atoms with van der Waals surface area (Å²) >= 11 is 0. The van der Waals surface area contributed by atoms with Crippen molar-refractivity contribution in [1.29, 1.82) is 0 Å². The molecule has 106 valence electrons. The minimum absolute atomic E-state index is 0.0397. The summed E-state index contributed by atoms with van der Waals surface area (Å²) in [7, 11) is 3.30. The molecule has 2 heterocycles. The summed E-state index contributed by atoms with van der Waals surface area (Å²) in [6, 6.07) is 13.7. The topological polar surface area (TPSA) is 44.1 Å². The highest BCUT2D eigenvalue weighted by atomic mass is 16.5. The number of rotatable bonds is 2. The van der Waals surface area contributed by atoms with E-state index in [0.29, 0.717) is 11.5 Å². The lowest BCUT2D eigenvalue weighted by atomic mass is 9.98. The van der Waals surface area contributed by atoms with E-state index in [1.165, 1.54) is 0 Å². The Bertz CT molecular complexity index is 867. The molecule has 4 nitrogen and oxygen atoms in total. The predicted octanol–water partition coefficient (Wildman–Crippen LogP) is 2.92. The third kappa shape index (κ3) is 2.09. The lowest BCUT2D eigenvalue weighted by molar-refractivity contribution is 0.399. The van der Waals surface area contributed by atoms with Crippen LogP contribution in [0.2, 0.25) is 0 Å². The molecule has 0 N–H and O–H groups in total. The quantitative estimate of drug-likeness (QED) is 0.725. The Morgan fingerprint density at radius 2 is 1.81 bits per heavy atom. The Morgan fingerprint density at radius 3 is 2.48 bits per heavy atom. The first-order valence-electron chi connectivity index (χ1n) is 6.73. The summed E-state index contributed by atoms with van der Waals surface area (Å²) in [6.45, 7) is 1.86. The fourth-order valence-corrected chi connectivity index (χ4v) is 2.63. The van der Waals surface area contributed by atoms with E-state index in [1.54, 1.807) is 18.7 Å². The van der Waals surface area contributed by atoms with E-state index >= 15 is 0 Å². The number of nitrogens with zero attached hydrogens (tertiary/aromatic N) is 2. The van der Waals surface area contributed by atoms with Crippen LogP contribution in [0.3, 0.4) is 0 Å². The standard InChI is InChI=1S/C17H16N2O2/c1-11-15(12-7-5-4-6-8-12)13-9-10-14(21-3)18-16(13)19(2)17(11)20/h4-10H,1-3H3. The van der Waals surface area contributed by atoms with Gasteiger partial charge in [-0.3, -0.25) is 9.36 Å². The molecule has 21 heavy (non-hydrogen) atoms. The highest BCUT2D eigenvalue weighted by Gasteiger charge is 2.15. The van der Waals surface area contributed by atoms with Gasteiger partial charge in [-0.2, -0.15) is 4.98 Å². The molecule has 0 amide bonds. The number of pyridine rings is 2. The van der Waals surface area contributed by atoms with Gasteiger partial charge in [0.25, 0.3) is 5.56 Å². The van der Waals surface area contributed by atoms with Crippen LogP contribution in [0.5, 0.6) is 5.88 Å². The molecule has 1 aromatic carbocycles. The van der Waals surface area contributed by atoms with E-state index in [2.05, 4.69) is 4.98 Å². The number of aryl methyl sites for hydroxylation is 1. The smallest absolute Gasteiger partial charge is 0.255 e. The van der Waals surface area contributed by atoms with Gasteiger partial charge in [0.2, 0.25) is 5.88 Å². The summed E-state index contributed by atoms with van der Waals surface area (Å²) in [5, 5.41) is 0.946. The molecule has 3 rings (SSSR count). The second-order valence-electron chi connectivity index (χ2n) is 4.95. The normalized spacial score (nSPS) is 10.8. The first-order valence-corrected chi connectivity index (χ1v) is 6.73. The van der Waals surface area contributed by atoms with Crippen molar-refractivity contribution in [2.45, 2.75) is 6.92 Å². The fraction of sp³-hybridized carbons (Fsp3) is 0.176. The summed E-state index contributed by atoms with van der Waals surface area (Å²) in [4.78, 5) is 16.9. The lowest BCUT2D eigenvalue weighted by Gasteiger charge is -2.13. The number of methoxy groups -OCH3 is 1. The van der Waals surface area contributed by atoms with E-state index < -0.39 is 0 Å². The number of ether oxygens (including phenoxy) is 1. The van der Waals surface area contributed by atoms with Crippen molar-refractivity contribution < 1.29 is 4.74 Å². The molecule has 0 radical (unpaired) electrons. The Labute approximate surface area is 122 Å². The van der Waals surface area contributed by atoms with Crippen molar-refractivity contribution in [1.82, 2.24) is 9.55 Å². The molecule has 0 aliphatic carbocycles. The Balaban J connectivity index is 2.47. The van der Waals surface area contributed by atoms with Crippen LogP contribution in [-0.2, 0) is 7.05 Å². The van der Waals surface area contributed by atoms with Crippen molar-refractivity contribution in [3.05, 3.63) is 58.4 Å². The number of benzene rings is 1. The number of hydrogen-bond acceptors (Lipinski definition) is 3. The van der Waals surface area contributed by atoms with E-state index in [0.717, 1.165) is 22.1 Å². The van der Waals surface area contributed by atoms with Crippen LogP contribution < -0.4 is 10.3 Å². The summed E-state index contributed by atoms with van der Waals surface area (Å²) in [5.41, 5.74) is 3.27. The highest BCUT2D eigenvalue weighted by Crippen LogP contribution is 2.30. The van der Waals surface area contributed by atoms with Gasteiger partial charge in [0.05, 0.1) is 7.11 Å². The first kappa shape index (κ1) is 13.4. The molecule has 0 unspecified atom stereocenters. The van der Waals surface area contributed by atoms with Crippen molar-refractivity contribution in [3.8, 4) is 17.0 Å². The van der Waals surface area contributed by atoms with E-state index in [4.69, 9.17) is 4.74 Å². The minimum Gasteiger partial charge on any atom is -0.481 e. The molecule has 0 aliphatic heterocycles. The second kappa shape index (κ2) is 5.05. The molecule has 0 spiro atoms. The maximum absolute atomic E-state index is 12.5. The number of fused-ring (bicyclic) bond motifs is 1. The number of aromatic nitrogens is 2. The fourth-order valence-electron chi connectivity index (χ4n) is 2.63. The molecular formula is C17H16N2O2. The van der Waals surface area contributed by atoms with E-state index in [-0.39, 0.29) is 5.56 Å². The molecule has 0 aliphatic rings. The van der Waals surface area contributed by atoms with Crippen molar-refractivity contribution in [2.24, 2.45) is 7.05 Å². The first-order chi connectivity index (χ1) is 10.1. The maximum Gasteiger partial charge on any atom is 0.255 e. The zero-order valence-electron chi connectivity index (χ0n) is 12.3. The van der Waals surface area contributed by atoms with Crippen molar-refractivity contribution >= 4 is 11.0 Å². The molecule has 0 fully saturated rings. The van der Waals surface area contributed by atoms with Gasteiger partial charge < -0.3 is 4.74 Å². The Morgan fingerprint density at radius 1 is 1.10 bits per heavy atom. The van der Waals surface area contributed by atoms with Crippen molar-refractivity contribution in [2.75, 3.05) is 7.11 Å². The Kier molecular flexibility index (Phi) is 3.22. The second-order valence-corrected chi connectivity index (χ2v) is 4.95. The van der Waals surface area contributed by atoms with Crippen LogP contribution >= 0.6 is 0 Å². The van der Waals surface area contributed by atoms with Gasteiger partial charge in [-0.05, 0) is 18.6 Å². The van der Waals surface area contributed by atoms with Gasteiger partial charge in [-0.25, -0.2) is 0 Å². The zero-order valence-corrected chi connectivity index (χ0v) is 12.3. The van der Waals surface area contributed by atoms with Crippen molar-refractivity contribution in [3.63, 3.8) is 0 Å². The Hall–Kier alpha value is -2.62. The van der Waals surface area contributed by atoms with Gasteiger partial charge in [0.1, 0.15) is 5.65 Å². The van der Waals surface area contributed by atoms with Crippen LogP contribution in [0.1, 0.15) is 5.56 Å². The average Bonchev–Trinajstić information content (AvgIpc) is 2.54. The van der Waals surface area contributed by atoms with E-state index in [9.17, 15) is 4.79 Å². The predicted molar refractivity (Wildman–Crippen MR) is 83.7 cm³/mol. The summed E-state index contributed by atoms with van der Waals surface area (Å²) in [6.07, 6.45) is 0. The molecule has 0 bridgehead atoms. The molecule has 0 atom stereocenters. The highest BCUT2D eigenvalue weighted by molar-refractivity contribution is 5.94. The van der Waals surface area contributed by atoms with Crippen LogP contribution in [0.4, 0.5) is 0 Å². The van der Waals surface area contributed by atoms with Crippen LogP contribution in [0.15, 0.2) is 47.3 Å². The van der Waals surface area contributed by atoms with Gasteiger partial charge in [0.15, 0.2) is 0 Å². The molecule has 4 heteroatoms. The third-order valence-electron chi connectivity index (χ3n) is 3.71. The van der Waals surface area contributed by atoms with Gasteiger partial charge in [-0.15, -0.1) is 0 Å². The van der Waals surface area contributed by atoms with Gasteiger partial charge >= 0.3 is 0 Å². The number of hydrogen-bond donors (Lipinski definition) is 0. The zero-order chi connectivity index (χ0) is 15.0. The monoisotopic (exact) mass is 280 g/mol.